The van der Waals surface area contributed by atoms with Crippen molar-refractivity contribution in [3.63, 3.8) is 0 Å². The number of nitrogens with one attached hydrogen (secondary N) is 1. The van der Waals surface area contributed by atoms with Gasteiger partial charge in [-0.2, -0.15) is 13.2 Å². The summed E-state index contributed by atoms with van der Waals surface area (Å²) in [5.74, 6) is 0. The summed E-state index contributed by atoms with van der Waals surface area (Å²) in [7, 11) is 1.77. The summed E-state index contributed by atoms with van der Waals surface area (Å²) in [6.45, 7) is 1.89. The highest BCUT2D eigenvalue weighted by molar-refractivity contribution is 5.85. The largest absolute Gasteiger partial charge is 0.416 e. The van der Waals surface area contributed by atoms with Crippen LogP contribution in [0.2, 0.25) is 0 Å². The molecule has 0 saturated carbocycles. The van der Waals surface area contributed by atoms with Crippen molar-refractivity contribution in [3.05, 3.63) is 35.4 Å². The monoisotopic (exact) mass is 239 g/mol. The number of benzene rings is 1. The molecular formula is C10H13ClF3N. The van der Waals surface area contributed by atoms with Crippen molar-refractivity contribution in [1.29, 1.82) is 0 Å². The van der Waals surface area contributed by atoms with E-state index in [0.717, 1.165) is 17.7 Å². The van der Waals surface area contributed by atoms with Gasteiger partial charge in [-0.25, -0.2) is 0 Å². The molecule has 0 aromatic heterocycles. The summed E-state index contributed by atoms with van der Waals surface area (Å²) in [5.41, 5.74) is 0.241. The normalized spacial score (nSPS) is 13.1. The van der Waals surface area contributed by atoms with Crippen LogP contribution in [0.25, 0.3) is 0 Å². The third kappa shape index (κ3) is 3.72. The summed E-state index contributed by atoms with van der Waals surface area (Å²) < 4.78 is 36.6. The quantitative estimate of drug-likeness (QED) is 0.834. The average Bonchev–Trinajstić information content (AvgIpc) is 2.15. The molecule has 0 fully saturated rings. The zero-order chi connectivity index (χ0) is 10.8. The molecule has 0 aliphatic heterocycles. The number of hydrogen-bond acceptors (Lipinski definition) is 1. The molecule has 0 bridgehead atoms. The van der Waals surface area contributed by atoms with Crippen molar-refractivity contribution in [2.45, 2.75) is 19.1 Å². The lowest BCUT2D eigenvalue weighted by Gasteiger charge is -2.12. The minimum absolute atomic E-state index is 0. The van der Waals surface area contributed by atoms with Crippen LogP contribution >= 0.6 is 12.4 Å². The fourth-order valence-corrected chi connectivity index (χ4v) is 1.13. The van der Waals surface area contributed by atoms with Crippen LogP contribution in [0.4, 0.5) is 13.2 Å². The SMILES string of the molecule is CN[C@H](C)c1ccc(C(F)(F)F)cc1.Cl. The molecule has 0 aliphatic rings. The van der Waals surface area contributed by atoms with Gasteiger partial charge in [-0.05, 0) is 31.7 Å². The van der Waals surface area contributed by atoms with Crippen molar-refractivity contribution in [3.8, 4) is 0 Å². The topological polar surface area (TPSA) is 12.0 Å². The molecule has 1 aromatic carbocycles. The van der Waals surface area contributed by atoms with E-state index in [1.54, 1.807) is 7.05 Å². The second-order valence-electron chi connectivity index (χ2n) is 3.13. The van der Waals surface area contributed by atoms with Gasteiger partial charge in [0.1, 0.15) is 0 Å². The van der Waals surface area contributed by atoms with Gasteiger partial charge < -0.3 is 5.32 Å². The van der Waals surface area contributed by atoms with E-state index in [-0.39, 0.29) is 18.4 Å². The van der Waals surface area contributed by atoms with E-state index < -0.39 is 11.7 Å². The highest BCUT2D eigenvalue weighted by atomic mass is 35.5. The highest BCUT2D eigenvalue weighted by Gasteiger charge is 2.29. The van der Waals surface area contributed by atoms with Gasteiger partial charge in [0.2, 0.25) is 0 Å². The van der Waals surface area contributed by atoms with Crippen LogP contribution in [-0.2, 0) is 6.18 Å². The van der Waals surface area contributed by atoms with E-state index in [1.807, 2.05) is 6.92 Å². The maximum atomic E-state index is 12.2. The molecule has 0 unspecified atom stereocenters. The Hall–Kier alpha value is -0.740. The molecule has 0 saturated heterocycles. The van der Waals surface area contributed by atoms with Crippen molar-refractivity contribution >= 4 is 12.4 Å². The van der Waals surface area contributed by atoms with Gasteiger partial charge in [-0.15, -0.1) is 12.4 Å². The predicted molar refractivity (Wildman–Crippen MR) is 56.2 cm³/mol. The maximum absolute atomic E-state index is 12.2. The summed E-state index contributed by atoms with van der Waals surface area (Å²) in [5, 5.41) is 2.96. The molecule has 0 radical (unpaired) electrons. The predicted octanol–water partition coefficient (Wildman–Crippen LogP) is 3.41. The van der Waals surface area contributed by atoms with Gasteiger partial charge in [0.25, 0.3) is 0 Å². The Morgan fingerprint density at radius 3 is 1.93 bits per heavy atom. The molecule has 1 atom stereocenters. The Labute approximate surface area is 93.1 Å². The van der Waals surface area contributed by atoms with Crippen LogP contribution in [0.15, 0.2) is 24.3 Å². The van der Waals surface area contributed by atoms with E-state index in [1.165, 1.54) is 12.1 Å². The lowest BCUT2D eigenvalue weighted by molar-refractivity contribution is -0.137. The van der Waals surface area contributed by atoms with Crippen LogP contribution < -0.4 is 5.32 Å². The van der Waals surface area contributed by atoms with E-state index in [9.17, 15) is 13.2 Å². The van der Waals surface area contributed by atoms with Gasteiger partial charge in [0.15, 0.2) is 0 Å². The summed E-state index contributed by atoms with van der Waals surface area (Å²) in [4.78, 5) is 0. The lowest BCUT2D eigenvalue weighted by Crippen LogP contribution is -2.12. The first-order chi connectivity index (χ1) is 6.45. The second kappa shape index (κ2) is 5.37. The van der Waals surface area contributed by atoms with Crippen molar-refractivity contribution < 1.29 is 13.2 Å². The Kier molecular flexibility index (Phi) is 5.11. The van der Waals surface area contributed by atoms with Crippen molar-refractivity contribution in [1.82, 2.24) is 5.32 Å². The molecule has 86 valence electrons. The minimum atomic E-state index is -4.25. The highest BCUT2D eigenvalue weighted by Crippen LogP contribution is 2.29. The van der Waals surface area contributed by atoms with E-state index in [4.69, 9.17) is 0 Å². The molecule has 1 nitrogen and oxygen atoms in total. The maximum Gasteiger partial charge on any atom is 0.416 e. The van der Waals surface area contributed by atoms with Crippen LogP contribution in [0, 0.1) is 0 Å². The number of alkyl halides is 3. The Bertz CT molecular complexity index is 295. The van der Waals surface area contributed by atoms with Crippen LogP contribution in [-0.4, -0.2) is 7.05 Å². The summed E-state index contributed by atoms with van der Waals surface area (Å²) in [6, 6.07) is 5.25. The molecule has 5 heteroatoms. The first-order valence-electron chi connectivity index (χ1n) is 4.29. The second-order valence-corrected chi connectivity index (χ2v) is 3.13. The third-order valence-electron chi connectivity index (χ3n) is 2.17. The molecule has 0 heterocycles. The number of hydrogen-bond donors (Lipinski definition) is 1. The van der Waals surface area contributed by atoms with E-state index in [2.05, 4.69) is 5.32 Å². The zero-order valence-corrected chi connectivity index (χ0v) is 9.25. The number of halogens is 4. The fourth-order valence-electron chi connectivity index (χ4n) is 1.13. The van der Waals surface area contributed by atoms with Crippen molar-refractivity contribution in [2.75, 3.05) is 7.05 Å². The molecule has 1 aromatic rings. The van der Waals surface area contributed by atoms with Gasteiger partial charge in [-0.3, -0.25) is 0 Å². The Morgan fingerprint density at radius 1 is 1.13 bits per heavy atom. The average molecular weight is 240 g/mol. The van der Waals surface area contributed by atoms with Gasteiger partial charge >= 0.3 is 6.18 Å². The Balaban J connectivity index is 0.00000196. The summed E-state index contributed by atoms with van der Waals surface area (Å²) in [6.07, 6.45) is -4.25. The van der Waals surface area contributed by atoms with Gasteiger partial charge in [0.05, 0.1) is 5.56 Å². The standard InChI is InChI=1S/C10H12F3N.ClH/c1-7(14-2)8-3-5-9(6-4-8)10(11,12)13;/h3-7,14H,1-2H3;1H/t7-;/m1./s1. The van der Waals surface area contributed by atoms with E-state index >= 15 is 0 Å². The van der Waals surface area contributed by atoms with Gasteiger partial charge in [-0.1, -0.05) is 12.1 Å². The first kappa shape index (κ1) is 14.3. The molecule has 0 spiro atoms. The van der Waals surface area contributed by atoms with Gasteiger partial charge in [0, 0.05) is 6.04 Å². The fraction of sp³-hybridized carbons (Fsp3) is 0.400. The number of rotatable bonds is 2. The lowest BCUT2D eigenvalue weighted by atomic mass is 10.1. The molecular weight excluding hydrogens is 227 g/mol. The molecule has 15 heavy (non-hydrogen) atoms. The van der Waals surface area contributed by atoms with Crippen molar-refractivity contribution in [2.24, 2.45) is 0 Å². The third-order valence-corrected chi connectivity index (χ3v) is 2.17. The Morgan fingerprint density at radius 2 is 1.60 bits per heavy atom. The van der Waals surface area contributed by atoms with E-state index in [0.29, 0.717) is 0 Å². The molecule has 1 N–H and O–H groups in total. The van der Waals surface area contributed by atoms with Crippen LogP contribution in [0.5, 0.6) is 0 Å². The van der Waals surface area contributed by atoms with Crippen LogP contribution in [0.1, 0.15) is 24.1 Å². The first-order valence-corrected chi connectivity index (χ1v) is 4.29. The molecule has 0 aliphatic carbocycles. The summed E-state index contributed by atoms with van der Waals surface area (Å²) >= 11 is 0. The smallest absolute Gasteiger partial charge is 0.313 e. The molecule has 0 amide bonds. The zero-order valence-electron chi connectivity index (χ0n) is 8.43. The van der Waals surface area contributed by atoms with Crippen LogP contribution in [0.3, 0.4) is 0 Å². The minimum Gasteiger partial charge on any atom is -0.313 e. The molecule has 1 rings (SSSR count).